The molecule has 0 fully saturated rings. The standard InChI is InChI=1S/C11H9ClO3Se/c1-6-3-2-4-7(5-6)16-9-8(12)10(13)15-11(9)14/h2-5,11,14H,1H3. The molecule has 84 valence electrons. The van der Waals surface area contributed by atoms with E-state index in [1.807, 2.05) is 31.2 Å². The molecule has 2 rings (SSSR count). The summed E-state index contributed by atoms with van der Waals surface area (Å²) in [4.78, 5) is 11.1. The average Bonchev–Trinajstić information content (AvgIpc) is 2.45. The number of cyclic esters (lactones) is 1. The fraction of sp³-hybridized carbons (Fsp3) is 0.182. The SMILES string of the molecule is Cc1cccc([Se]C2=C(Cl)C(=O)OC2O)c1. The normalized spacial score (nSPS) is 20.2. The van der Waals surface area contributed by atoms with Crippen molar-refractivity contribution in [2.75, 3.05) is 0 Å². The summed E-state index contributed by atoms with van der Waals surface area (Å²) in [5.41, 5.74) is 1.14. The van der Waals surface area contributed by atoms with Crippen molar-refractivity contribution in [3.05, 3.63) is 39.3 Å². The van der Waals surface area contributed by atoms with Gasteiger partial charge in [0.25, 0.3) is 0 Å². The van der Waals surface area contributed by atoms with Crippen molar-refractivity contribution < 1.29 is 14.6 Å². The topological polar surface area (TPSA) is 46.5 Å². The van der Waals surface area contributed by atoms with Crippen LogP contribution >= 0.6 is 11.6 Å². The Labute approximate surface area is 104 Å². The number of aliphatic hydroxyl groups excluding tert-OH is 1. The van der Waals surface area contributed by atoms with Crippen molar-refractivity contribution >= 4 is 37.0 Å². The van der Waals surface area contributed by atoms with Crippen molar-refractivity contribution in [2.24, 2.45) is 0 Å². The number of carbonyl (C=O) groups is 1. The molecule has 0 saturated heterocycles. The summed E-state index contributed by atoms with van der Waals surface area (Å²) >= 11 is 5.59. The molecule has 16 heavy (non-hydrogen) atoms. The van der Waals surface area contributed by atoms with E-state index < -0.39 is 12.3 Å². The number of ether oxygens (including phenoxy) is 1. The first-order valence-electron chi connectivity index (χ1n) is 4.61. The van der Waals surface area contributed by atoms with Gasteiger partial charge in [0.15, 0.2) is 0 Å². The van der Waals surface area contributed by atoms with E-state index in [9.17, 15) is 9.90 Å². The van der Waals surface area contributed by atoms with Gasteiger partial charge >= 0.3 is 104 Å². The molecule has 1 aromatic carbocycles. The van der Waals surface area contributed by atoms with Gasteiger partial charge in [-0.3, -0.25) is 0 Å². The van der Waals surface area contributed by atoms with Crippen LogP contribution < -0.4 is 4.46 Å². The molecule has 0 aromatic heterocycles. The zero-order chi connectivity index (χ0) is 11.7. The maximum atomic E-state index is 11.1. The first-order valence-corrected chi connectivity index (χ1v) is 6.70. The van der Waals surface area contributed by atoms with E-state index >= 15 is 0 Å². The van der Waals surface area contributed by atoms with Crippen molar-refractivity contribution in [3.8, 4) is 0 Å². The molecule has 0 radical (unpaired) electrons. The van der Waals surface area contributed by atoms with Crippen LogP contribution in [0.25, 0.3) is 0 Å². The Morgan fingerprint density at radius 2 is 2.25 bits per heavy atom. The van der Waals surface area contributed by atoms with Gasteiger partial charge < -0.3 is 0 Å². The van der Waals surface area contributed by atoms with Crippen LogP contribution in [0.2, 0.25) is 0 Å². The Bertz CT molecular complexity index is 470. The second kappa shape index (κ2) is 4.60. The van der Waals surface area contributed by atoms with Gasteiger partial charge in [0.05, 0.1) is 0 Å². The molecular formula is C11H9ClO3Se. The van der Waals surface area contributed by atoms with Gasteiger partial charge in [-0.25, -0.2) is 0 Å². The minimum atomic E-state index is -1.18. The van der Waals surface area contributed by atoms with E-state index in [4.69, 9.17) is 11.6 Å². The fourth-order valence-electron chi connectivity index (χ4n) is 1.32. The van der Waals surface area contributed by atoms with Crippen molar-refractivity contribution in [3.63, 3.8) is 0 Å². The minimum absolute atomic E-state index is 0.0222. The van der Waals surface area contributed by atoms with E-state index in [1.165, 1.54) is 0 Å². The molecule has 0 aliphatic carbocycles. The second-order valence-corrected chi connectivity index (χ2v) is 6.07. The molecule has 0 saturated carbocycles. The van der Waals surface area contributed by atoms with E-state index in [-0.39, 0.29) is 20.0 Å². The van der Waals surface area contributed by atoms with Gasteiger partial charge in [-0.15, -0.1) is 0 Å². The average molecular weight is 304 g/mol. The zero-order valence-electron chi connectivity index (χ0n) is 8.44. The molecule has 1 atom stereocenters. The molecule has 3 nitrogen and oxygen atoms in total. The van der Waals surface area contributed by atoms with E-state index in [0.717, 1.165) is 10.0 Å². The second-order valence-electron chi connectivity index (χ2n) is 3.35. The molecule has 0 bridgehead atoms. The van der Waals surface area contributed by atoms with E-state index in [1.54, 1.807) is 0 Å². The van der Waals surface area contributed by atoms with Crippen molar-refractivity contribution in [1.29, 1.82) is 0 Å². The third kappa shape index (κ3) is 2.30. The third-order valence-electron chi connectivity index (χ3n) is 2.06. The molecule has 1 N–H and O–H groups in total. The van der Waals surface area contributed by atoms with Gasteiger partial charge in [0.2, 0.25) is 0 Å². The summed E-state index contributed by atoms with van der Waals surface area (Å²) in [6, 6.07) is 7.87. The number of halogens is 1. The Morgan fingerprint density at radius 1 is 1.50 bits per heavy atom. The number of aliphatic hydroxyl groups is 1. The van der Waals surface area contributed by atoms with Crippen LogP contribution in [-0.4, -0.2) is 32.3 Å². The summed E-state index contributed by atoms with van der Waals surface area (Å²) in [7, 11) is 0. The van der Waals surface area contributed by atoms with Gasteiger partial charge in [-0.1, -0.05) is 0 Å². The van der Waals surface area contributed by atoms with Crippen LogP contribution in [0.3, 0.4) is 0 Å². The fourth-order valence-corrected chi connectivity index (χ4v) is 3.68. The molecule has 1 heterocycles. The van der Waals surface area contributed by atoms with E-state index in [2.05, 4.69) is 4.74 Å². The number of rotatable bonds is 2. The van der Waals surface area contributed by atoms with Crippen LogP contribution in [0.15, 0.2) is 33.8 Å². The molecule has 1 aliphatic heterocycles. The van der Waals surface area contributed by atoms with Crippen LogP contribution in [-0.2, 0) is 9.53 Å². The van der Waals surface area contributed by atoms with Crippen molar-refractivity contribution in [2.45, 2.75) is 13.2 Å². The molecule has 1 aliphatic rings. The number of aryl methyl sites for hydroxylation is 1. The van der Waals surface area contributed by atoms with Crippen LogP contribution in [0.5, 0.6) is 0 Å². The number of carbonyl (C=O) groups excluding carboxylic acids is 1. The van der Waals surface area contributed by atoms with Gasteiger partial charge in [0, 0.05) is 0 Å². The predicted molar refractivity (Wildman–Crippen MR) is 61.5 cm³/mol. The Morgan fingerprint density at radius 3 is 2.81 bits per heavy atom. The number of benzene rings is 1. The summed E-state index contributed by atoms with van der Waals surface area (Å²) in [6.07, 6.45) is -1.18. The van der Waals surface area contributed by atoms with Crippen molar-refractivity contribution in [1.82, 2.24) is 0 Å². The quantitative estimate of drug-likeness (QED) is 0.645. The van der Waals surface area contributed by atoms with E-state index in [0.29, 0.717) is 4.47 Å². The monoisotopic (exact) mass is 304 g/mol. The Hall–Kier alpha value is -0.801. The number of hydrogen-bond donors (Lipinski definition) is 1. The van der Waals surface area contributed by atoms with Gasteiger partial charge in [-0.05, 0) is 0 Å². The molecule has 1 unspecified atom stereocenters. The summed E-state index contributed by atoms with van der Waals surface area (Å²) in [6.45, 7) is 1.99. The number of hydrogen-bond acceptors (Lipinski definition) is 3. The van der Waals surface area contributed by atoms with Gasteiger partial charge in [-0.2, -0.15) is 0 Å². The first kappa shape index (κ1) is 11.7. The molecule has 5 heteroatoms. The summed E-state index contributed by atoms with van der Waals surface area (Å²) in [5, 5.41) is 9.51. The van der Waals surface area contributed by atoms with Crippen LogP contribution in [0.1, 0.15) is 5.56 Å². The number of esters is 1. The van der Waals surface area contributed by atoms with Crippen LogP contribution in [0.4, 0.5) is 0 Å². The Kier molecular flexibility index (Phi) is 3.35. The maximum absolute atomic E-state index is 11.1. The Balaban J connectivity index is 2.25. The predicted octanol–water partition coefficient (Wildman–Crippen LogP) is 0.650. The third-order valence-corrected chi connectivity index (χ3v) is 5.01. The van der Waals surface area contributed by atoms with Gasteiger partial charge in [0.1, 0.15) is 0 Å². The first-order chi connectivity index (χ1) is 7.58. The molecule has 0 amide bonds. The molecule has 1 aromatic rings. The molecular weight excluding hydrogens is 295 g/mol. The molecule has 0 spiro atoms. The summed E-state index contributed by atoms with van der Waals surface area (Å²) < 4.78 is 6.16. The van der Waals surface area contributed by atoms with Crippen LogP contribution in [0, 0.1) is 6.92 Å². The summed E-state index contributed by atoms with van der Waals surface area (Å²) in [5.74, 6) is -0.640. The zero-order valence-corrected chi connectivity index (χ0v) is 10.9.